The highest BCUT2D eigenvalue weighted by Gasteiger charge is 2.07. The number of nitrogens with zero attached hydrogens (tertiary/aromatic N) is 5. The van der Waals surface area contributed by atoms with Gasteiger partial charge in [-0.05, 0) is 38.1 Å². The van der Waals surface area contributed by atoms with E-state index in [0.29, 0.717) is 13.2 Å². The monoisotopic (exact) mass is 508 g/mol. The van der Waals surface area contributed by atoms with Crippen LogP contribution in [0.25, 0.3) is 5.65 Å². The standard InChI is InChI=1S/C21H28N6O.HI/c1-4-22-21(26(3)15-16-28-18-10-8-17(2)9-11-18)23-13-12-20-25-24-19-7-5-6-14-27(19)20;/h5-11,14H,4,12-13,15-16H2,1-3H3,(H,22,23);1H. The maximum Gasteiger partial charge on any atom is 0.193 e. The highest BCUT2D eigenvalue weighted by molar-refractivity contribution is 14.0. The van der Waals surface area contributed by atoms with Crippen LogP contribution >= 0.6 is 24.0 Å². The quantitative estimate of drug-likeness (QED) is 0.288. The second-order valence-corrected chi connectivity index (χ2v) is 6.61. The fourth-order valence-corrected chi connectivity index (χ4v) is 2.83. The van der Waals surface area contributed by atoms with Crippen molar-refractivity contribution in [2.24, 2.45) is 4.99 Å². The first-order valence-electron chi connectivity index (χ1n) is 9.65. The Labute approximate surface area is 189 Å². The van der Waals surface area contributed by atoms with Gasteiger partial charge in [-0.15, -0.1) is 34.2 Å². The molecule has 0 bridgehead atoms. The van der Waals surface area contributed by atoms with E-state index >= 15 is 0 Å². The van der Waals surface area contributed by atoms with E-state index in [1.807, 2.05) is 48.0 Å². The number of ether oxygens (including phenoxy) is 1. The summed E-state index contributed by atoms with van der Waals surface area (Å²) in [6.45, 7) is 6.93. The number of guanidine groups is 1. The second-order valence-electron chi connectivity index (χ2n) is 6.61. The smallest absolute Gasteiger partial charge is 0.193 e. The first-order chi connectivity index (χ1) is 13.7. The molecule has 8 heteroatoms. The summed E-state index contributed by atoms with van der Waals surface area (Å²) in [5, 5.41) is 11.8. The molecule has 0 aliphatic rings. The number of benzene rings is 1. The predicted octanol–water partition coefficient (Wildman–Crippen LogP) is 3.17. The molecule has 0 amide bonds. The molecule has 3 rings (SSSR count). The molecule has 3 aromatic rings. The maximum absolute atomic E-state index is 5.83. The summed E-state index contributed by atoms with van der Waals surface area (Å²) in [6.07, 6.45) is 2.71. The van der Waals surface area contributed by atoms with Crippen LogP contribution in [0.1, 0.15) is 18.3 Å². The first-order valence-corrected chi connectivity index (χ1v) is 9.65. The third kappa shape index (κ3) is 6.59. The maximum atomic E-state index is 5.83. The third-order valence-corrected chi connectivity index (χ3v) is 4.39. The molecule has 29 heavy (non-hydrogen) atoms. The Morgan fingerprint density at radius 1 is 1.17 bits per heavy atom. The number of likely N-dealkylation sites (N-methyl/N-ethyl adjacent to an activating group) is 1. The summed E-state index contributed by atoms with van der Waals surface area (Å²) in [5.41, 5.74) is 2.09. The van der Waals surface area contributed by atoms with Crippen LogP contribution in [0.3, 0.4) is 0 Å². The number of pyridine rings is 1. The summed E-state index contributed by atoms with van der Waals surface area (Å²) in [6, 6.07) is 14.0. The van der Waals surface area contributed by atoms with Gasteiger partial charge in [-0.2, -0.15) is 0 Å². The molecule has 156 valence electrons. The van der Waals surface area contributed by atoms with Gasteiger partial charge in [0.15, 0.2) is 11.6 Å². The van der Waals surface area contributed by atoms with E-state index in [9.17, 15) is 0 Å². The number of rotatable bonds is 8. The Balaban J connectivity index is 0.00000300. The van der Waals surface area contributed by atoms with Crippen molar-refractivity contribution < 1.29 is 4.74 Å². The summed E-state index contributed by atoms with van der Waals surface area (Å²) in [4.78, 5) is 6.81. The van der Waals surface area contributed by atoms with Gasteiger partial charge in [-0.1, -0.05) is 23.8 Å². The Bertz CT molecular complexity index is 909. The lowest BCUT2D eigenvalue weighted by Crippen LogP contribution is -2.41. The fraction of sp³-hybridized carbons (Fsp3) is 0.381. The largest absolute Gasteiger partial charge is 0.492 e. The van der Waals surface area contributed by atoms with E-state index in [1.54, 1.807) is 0 Å². The molecule has 0 spiro atoms. The fourth-order valence-electron chi connectivity index (χ4n) is 2.83. The minimum atomic E-state index is 0. The number of nitrogens with one attached hydrogen (secondary N) is 1. The molecule has 2 aromatic heterocycles. The minimum absolute atomic E-state index is 0. The van der Waals surface area contributed by atoms with Crippen LogP contribution in [-0.4, -0.2) is 58.7 Å². The van der Waals surface area contributed by atoms with Crippen molar-refractivity contribution in [2.75, 3.05) is 33.3 Å². The van der Waals surface area contributed by atoms with E-state index in [1.165, 1.54) is 5.56 Å². The van der Waals surface area contributed by atoms with Gasteiger partial charge < -0.3 is 15.0 Å². The number of aryl methyl sites for hydroxylation is 1. The lowest BCUT2D eigenvalue weighted by molar-refractivity contribution is 0.281. The Hall–Kier alpha value is -2.36. The first kappa shape index (κ1) is 22.9. The van der Waals surface area contributed by atoms with Crippen molar-refractivity contribution in [3.8, 4) is 5.75 Å². The molecule has 0 aliphatic heterocycles. The zero-order chi connectivity index (χ0) is 19.8. The molecule has 1 aromatic carbocycles. The van der Waals surface area contributed by atoms with E-state index < -0.39 is 0 Å². The molecule has 0 saturated carbocycles. The van der Waals surface area contributed by atoms with Gasteiger partial charge in [0.2, 0.25) is 0 Å². The van der Waals surface area contributed by atoms with Crippen LogP contribution in [0.2, 0.25) is 0 Å². The average Bonchev–Trinajstić information content (AvgIpc) is 3.12. The molecule has 1 N–H and O–H groups in total. The number of aromatic nitrogens is 3. The molecule has 0 atom stereocenters. The summed E-state index contributed by atoms with van der Waals surface area (Å²) < 4.78 is 7.83. The molecule has 0 saturated heterocycles. The van der Waals surface area contributed by atoms with Gasteiger partial charge >= 0.3 is 0 Å². The molecule has 0 radical (unpaired) electrons. The van der Waals surface area contributed by atoms with Crippen LogP contribution in [0.15, 0.2) is 53.7 Å². The predicted molar refractivity (Wildman–Crippen MR) is 127 cm³/mol. The summed E-state index contributed by atoms with van der Waals surface area (Å²) >= 11 is 0. The van der Waals surface area contributed by atoms with Gasteiger partial charge in [0, 0.05) is 32.8 Å². The average molecular weight is 508 g/mol. The Morgan fingerprint density at radius 3 is 2.72 bits per heavy atom. The van der Waals surface area contributed by atoms with Crippen LogP contribution in [-0.2, 0) is 6.42 Å². The van der Waals surface area contributed by atoms with Gasteiger partial charge in [-0.25, -0.2) is 0 Å². The third-order valence-electron chi connectivity index (χ3n) is 4.39. The summed E-state index contributed by atoms with van der Waals surface area (Å²) in [7, 11) is 2.02. The van der Waals surface area contributed by atoms with E-state index in [4.69, 9.17) is 9.73 Å². The van der Waals surface area contributed by atoms with Gasteiger partial charge in [0.1, 0.15) is 18.2 Å². The van der Waals surface area contributed by atoms with Gasteiger partial charge in [0.05, 0.1) is 6.54 Å². The van der Waals surface area contributed by atoms with Crippen molar-refractivity contribution in [2.45, 2.75) is 20.3 Å². The Kier molecular flexibility index (Phi) is 9.17. The topological polar surface area (TPSA) is 67.0 Å². The molecule has 2 heterocycles. The van der Waals surface area contributed by atoms with Crippen molar-refractivity contribution >= 4 is 35.6 Å². The molecular formula is C21H29IN6O. The number of aliphatic imine (C=N–C) groups is 1. The zero-order valence-corrected chi connectivity index (χ0v) is 19.5. The van der Waals surface area contributed by atoms with E-state index in [2.05, 4.69) is 46.4 Å². The number of fused-ring (bicyclic) bond motifs is 1. The Morgan fingerprint density at radius 2 is 1.97 bits per heavy atom. The van der Waals surface area contributed by atoms with Crippen LogP contribution in [0, 0.1) is 6.92 Å². The molecule has 0 fully saturated rings. The number of halogens is 1. The van der Waals surface area contributed by atoms with Crippen LogP contribution in [0.5, 0.6) is 5.75 Å². The van der Waals surface area contributed by atoms with Crippen molar-refractivity contribution in [3.63, 3.8) is 0 Å². The molecular weight excluding hydrogens is 479 g/mol. The van der Waals surface area contributed by atoms with Gasteiger partial charge in [-0.3, -0.25) is 9.39 Å². The second kappa shape index (κ2) is 11.6. The molecule has 0 unspecified atom stereocenters. The highest BCUT2D eigenvalue weighted by Crippen LogP contribution is 2.11. The van der Waals surface area contributed by atoms with Crippen molar-refractivity contribution in [1.82, 2.24) is 24.8 Å². The lowest BCUT2D eigenvalue weighted by Gasteiger charge is -2.22. The zero-order valence-electron chi connectivity index (χ0n) is 17.2. The van der Waals surface area contributed by atoms with Crippen molar-refractivity contribution in [1.29, 1.82) is 0 Å². The number of hydrogen-bond acceptors (Lipinski definition) is 4. The number of hydrogen-bond donors (Lipinski definition) is 1. The van der Waals surface area contributed by atoms with Crippen LogP contribution < -0.4 is 10.1 Å². The van der Waals surface area contributed by atoms with E-state index in [0.717, 1.165) is 42.7 Å². The normalized spacial score (nSPS) is 11.2. The molecule has 0 aliphatic carbocycles. The SMILES string of the molecule is CCNC(=NCCc1nnc2ccccn12)N(C)CCOc1ccc(C)cc1.I. The highest BCUT2D eigenvalue weighted by atomic mass is 127. The summed E-state index contributed by atoms with van der Waals surface area (Å²) in [5.74, 6) is 2.67. The van der Waals surface area contributed by atoms with E-state index in [-0.39, 0.29) is 24.0 Å². The lowest BCUT2D eigenvalue weighted by atomic mass is 10.2. The van der Waals surface area contributed by atoms with Gasteiger partial charge in [0.25, 0.3) is 0 Å². The van der Waals surface area contributed by atoms with Crippen molar-refractivity contribution in [3.05, 3.63) is 60.0 Å². The molecule has 7 nitrogen and oxygen atoms in total. The minimum Gasteiger partial charge on any atom is -0.492 e. The van der Waals surface area contributed by atoms with Crippen LogP contribution in [0.4, 0.5) is 0 Å².